The molecule has 0 aliphatic rings. The molecule has 1 rings (SSSR count). The average Bonchev–Trinajstić information content (AvgIpc) is 2.46. The Hall–Kier alpha value is -2.33. The topological polar surface area (TPSA) is 122 Å². The maximum Gasteiger partial charge on any atom is 0.490 e. The van der Waals surface area contributed by atoms with E-state index in [1.807, 2.05) is 6.92 Å². The van der Waals surface area contributed by atoms with Crippen LogP contribution in [0.4, 0.5) is 18.9 Å². The van der Waals surface area contributed by atoms with Crippen LogP contribution in [0, 0.1) is 0 Å². The summed E-state index contributed by atoms with van der Waals surface area (Å²) < 4.78 is 37.0. The third kappa shape index (κ3) is 8.63. The van der Waals surface area contributed by atoms with Crippen LogP contribution >= 0.6 is 0 Å². The van der Waals surface area contributed by atoms with Gasteiger partial charge in [0.15, 0.2) is 0 Å². The van der Waals surface area contributed by atoms with E-state index in [0.717, 1.165) is 0 Å². The number of aliphatic carboxylic acids is 1. The van der Waals surface area contributed by atoms with Gasteiger partial charge in [0, 0.05) is 11.8 Å². The zero-order valence-corrected chi connectivity index (χ0v) is 12.1. The minimum absolute atomic E-state index is 0.378. The van der Waals surface area contributed by atoms with Gasteiger partial charge in [0.1, 0.15) is 11.8 Å². The highest BCUT2D eigenvalue weighted by molar-refractivity contribution is 5.94. The number of carboxylic acid groups (broad SMARTS) is 1. The molecule has 5 N–H and O–H groups in total. The number of nitrogens with one attached hydrogen (secondary N) is 1. The Morgan fingerprint density at radius 3 is 2.39 bits per heavy atom. The first-order chi connectivity index (χ1) is 10.6. The zero-order chi connectivity index (χ0) is 18.0. The van der Waals surface area contributed by atoms with Gasteiger partial charge in [0.2, 0.25) is 5.91 Å². The lowest BCUT2D eigenvalue weighted by molar-refractivity contribution is -0.192. The van der Waals surface area contributed by atoms with Gasteiger partial charge in [-0.25, -0.2) is 4.79 Å². The summed E-state index contributed by atoms with van der Waals surface area (Å²) in [7, 11) is 0. The van der Waals surface area contributed by atoms with Crippen LogP contribution in [0.15, 0.2) is 24.3 Å². The number of aliphatic hydroxyl groups is 1. The highest BCUT2D eigenvalue weighted by Gasteiger charge is 2.38. The van der Waals surface area contributed by atoms with E-state index < -0.39 is 24.1 Å². The lowest BCUT2D eigenvalue weighted by Gasteiger charge is -2.10. The second kappa shape index (κ2) is 9.64. The number of halogens is 3. The molecule has 0 saturated carbocycles. The molecule has 10 heteroatoms. The standard InChI is InChI=1S/C11H16N2O3.C2HF3O2/c1-2-16-9-5-3-4-8(6-9)13-11(15)10(12)7-14;3-2(4,5)1(6)7/h3-6,10,14H,2,7,12H2,1H3,(H,13,15);(H,6,7). The first-order valence-electron chi connectivity index (χ1n) is 6.32. The van der Waals surface area contributed by atoms with Crippen molar-refractivity contribution in [3.05, 3.63) is 24.3 Å². The molecule has 0 saturated heterocycles. The fourth-order valence-electron chi connectivity index (χ4n) is 1.15. The predicted molar refractivity (Wildman–Crippen MR) is 75.0 cm³/mol. The first kappa shape index (κ1) is 20.7. The fraction of sp³-hybridized carbons (Fsp3) is 0.385. The van der Waals surface area contributed by atoms with Crippen molar-refractivity contribution in [3.63, 3.8) is 0 Å². The van der Waals surface area contributed by atoms with E-state index in [2.05, 4.69) is 5.32 Å². The molecule has 1 unspecified atom stereocenters. The van der Waals surface area contributed by atoms with Crippen molar-refractivity contribution < 1.29 is 37.7 Å². The normalized spacial score (nSPS) is 11.7. The Bertz CT molecular complexity index is 523. The van der Waals surface area contributed by atoms with Crippen molar-refractivity contribution >= 4 is 17.6 Å². The number of aliphatic hydroxyl groups excluding tert-OH is 1. The van der Waals surface area contributed by atoms with Crippen LogP contribution in [-0.4, -0.2) is 47.5 Å². The monoisotopic (exact) mass is 338 g/mol. The van der Waals surface area contributed by atoms with Gasteiger partial charge >= 0.3 is 12.1 Å². The van der Waals surface area contributed by atoms with Crippen molar-refractivity contribution in [1.29, 1.82) is 0 Å². The summed E-state index contributed by atoms with van der Waals surface area (Å²) in [5.41, 5.74) is 5.96. The molecule has 0 aliphatic heterocycles. The molecule has 0 bridgehead atoms. The van der Waals surface area contributed by atoms with Crippen LogP contribution in [0.2, 0.25) is 0 Å². The van der Waals surface area contributed by atoms with E-state index >= 15 is 0 Å². The van der Waals surface area contributed by atoms with Crippen molar-refractivity contribution in [2.75, 3.05) is 18.5 Å². The minimum Gasteiger partial charge on any atom is -0.494 e. The molecule has 23 heavy (non-hydrogen) atoms. The van der Waals surface area contributed by atoms with Gasteiger partial charge in [0.05, 0.1) is 13.2 Å². The summed E-state index contributed by atoms with van der Waals surface area (Å²) in [6.45, 7) is 2.07. The average molecular weight is 338 g/mol. The molecule has 0 fully saturated rings. The second-order valence-corrected chi connectivity index (χ2v) is 4.04. The second-order valence-electron chi connectivity index (χ2n) is 4.04. The molecule has 0 heterocycles. The van der Waals surface area contributed by atoms with Crippen LogP contribution in [0.5, 0.6) is 5.75 Å². The number of rotatable bonds is 5. The van der Waals surface area contributed by atoms with E-state index in [-0.39, 0.29) is 6.61 Å². The Morgan fingerprint density at radius 1 is 1.39 bits per heavy atom. The molecular weight excluding hydrogens is 321 g/mol. The lowest BCUT2D eigenvalue weighted by Crippen LogP contribution is -2.38. The van der Waals surface area contributed by atoms with Gasteiger partial charge in [0.25, 0.3) is 0 Å². The van der Waals surface area contributed by atoms with Gasteiger partial charge < -0.3 is 26.0 Å². The summed E-state index contributed by atoms with van der Waals surface area (Å²) in [4.78, 5) is 20.3. The third-order valence-electron chi connectivity index (χ3n) is 2.19. The molecule has 1 aromatic carbocycles. The van der Waals surface area contributed by atoms with Gasteiger partial charge in [-0.3, -0.25) is 4.79 Å². The first-order valence-corrected chi connectivity index (χ1v) is 6.32. The van der Waals surface area contributed by atoms with Gasteiger partial charge in [-0.1, -0.05) is 6.07 Å². The molecule has 0 radical (unpaired) electrons. The molecule has 0 spiro atoms. The van der Waals surface area contributed by atoms with Crippen molar-refractivity contribution in [2.24, 2.45) is 5.73 Å². The predicted octanol–water partition coefficient (Wildman–Crippen LogP) is 0.977. The van der Waals surface area contributed by atoms with Crippen molar-refractivity contribution in [2.45, 2.75) is 19.1 Å². The highest BCUT2D eigenvalue weighted by atomic mass is 19.4. The number of carbonyl (C=O) groups is 2. The number of nitrogens with two attached hydrogens (primary N) is 1. The van der Waals surface area contributed by atoms with E-state index in [1.54, 1.807) is 24.3 Å². The van der Waals surface area contributed by atoms with E-state index in [9.17, 15) is 18.0 Å². The van der Waals surface area contributed by atoms with E-state index in [1.165, 1.54) is 0 Å². The van der Waals surface area contributed by atoms with E-state index in [4.69, 9.17) is 25.5 Å². The lowest BCUT2D eigenvalue weighted by atomic mass is 10.2. The Kier molecular flexibility index (Phi) is 8.66. The van der Waals surface area contributed by atoms with Crippen LogP contribution in [0.3, 0.4) is 0 Å². The molecule has 0 aliphatic carbocycles. The number of alkyl halides is 3. The van der Waals surface area contributed by atoms with Crippen molar-refractivity contribution in [1.82, 2.24) is 0 Å². The zero-order valence-electron chi connectivity index (χ0n) is 12.1. The van der Waals surface area contributed by atoms with Crippen LogP contribution < -0.4 is 15.8 Å². The number of ether oxygens (including phenoxy) is 1. The molecule has 1 atom stereocenters. The molecule has 130 valence electrons. The fourth-order valence-corrected chi connectivity index (χ4v) is 1.15. The summed E-state index contributed by atoms with van der Waals surface area (Å²) in [6, 6.07) is 6.09. The number of amides is 1. The number of anilines is 1. The molecule has 1 amide bonds. The summed E-state index contributed by atoms with van der Waals surface area (Å²) >= 11 is 0. The quantitative estimate of drug-likeness (QED) is 0.635. The Labute approximate surface area is 129 Å². The summed E-state index contributed by atoms with van der Waals surface area (Å²) in [5.74, 6) is -2.50. The summed E-state index contributed by atoms with van der Waals surface area (Å²) in [6.07, 6.45) is -5.08. The number of hydrogen-bond donors (Lipinski definition) is 4. The Morgan fingerprint density at radius 2 is 1.96 bits per heavy atom. The van der Waals surface area contributed by atoms with Gasteiger partial charge in [-0.2, -0.15) is 13.2 Å². The molecule has 0 aromatic heterocycles. The van der Waals surface area contributed by atoms with E-state index in [0.29, 0.717) is 18.0 Å². The smallest absolute Gasteiger partial charge is 0.490 e. The highest BCUT2D eigenvalue weighted by Crippen LogP contribution is 2.17. The third-order valence-corrected chi connectivity index (χ3v) is 2.19. The largest absolute Gasteiger partial charge is 0.494 e. The molecule has 7 nitrogen and oxygen atoms in total. The number of benzene rings is 1. The SMILES string of the molecule is CCOc1cccc(NC(=O)C(N)CO)c1.O=C(O)C(F)(F)F. The van der Waals surface area contributed by atoms with Crippen LogP contribution in [0.25, 0.3) is 0 Å². The van der Waals surface area contributed by atoms with Gasteiger partial charge in [-0.15, -0.1) is 0 Å². The summed E-state index contributed by atoms with van der Waals surface area (Å²) in [5, 5.41) is 18.4. The molecule has 1 aromatic rings. The van der Waals surface area contributed by atoms with Crippen molar-refractivity contribution in [3.8, 4) is 5.75 Å². The maximum atomic E-state index is 11.4. The number of carbonyl (C=O) groups excluding carboxylic acids is 1. The van der Waals surface area contributed by atoms with Crippen LogP contribution in [-0.2, 0) is 9.59 Å². The Balaban J connectivity index is 0.000000585. The van der Waals surface area contributed by atoms with Crippen LogP contribution in [0.1, 0.15) is 6.92 Å². The number of hydrogen-bond acceptors (Lipinski definition) is 5. The minimum atomic E-state index is -5.08. The molecular formula is C13H17F3N2O5. The van der Waals surface area contributed by atoms with Gasteiger partial charge in [-0.05, 0) is 19.1 Å². The maximum absolute atomic E-state index is 11.4. The number of carboxylic acids is 1.